The summed E-state index contributed by atoms with van der Waals surface area (Å²) in [4.78, 5) is 4.36. The van der Waals surface area contributed by atoms with Crippen LogP contribution in [0, 0.1) is 5.41 Å². The van der Waals surface area contributed by atoms with Gasteiger partial charge in [-0.25, -0.2) is 4.98 Å². The Morgan fingerprint density at radius 2 is 1.93 bits per heavy atom. The Balaban J connectivity index is 1.75. The molecule has 0 amide bonds. The molecule has 1 fully saturated rings. The van der Waals surface area contributed by atoms with E-state index in [1.807, 2.05) is 0 Å². The number of rotatable bonds is 5. The summed E-state index contributed by atoms with van der Waals surface area (Å²) in [6.07, 6.45) is 4.74. The lowest BCUT2D eigenvalue weighted by molar-refractivity contribution is 0.170. The van der Waals surface area contributed by atoms with E-state index in [9.17, 15) is 5.11 Å². The van der Waals surface area contributed by atoms with E-state index in [1.54, 1.807) is 24.4 Å². The molecule has 1 aliphatic rings. The lowest BCUT2D eigenvalue weighted by atomic mass is 9.79. The Labute approximate surface area is 165 Å². The summed E-state index contributed by atoms with van der Waals surface area (Å²) < 4.78 is 0. The highest BCUT2D eigenvalue weighted by atomic mass is 16.3. The van der Waals surface area contributed by atoms with Gasteiger partial charge in [0, 0.05) is 23.3 Å². The van der Waals surface area contributed by atoms with Crippen molar-refractivity contribution in [1.29, 1.82) is 5.41 Å². The van der Waals surface area contributed by atoms with Gasteiger partial charge in [-0.2, -0.15) is 0 Å². The van der Waals surface area contributed by atoms with Crippen LogP contribution in [-0.2, 0) is 0 Å². The first-order valence-corrected chi connectivity index (χ1v) is 9.37. The maximum Gasteiger partial charge on any atom is 0.185 e. The van der Waals surface area contributed by atoms with Crippen molar-refractivity contribution in [1.82, 2.24) is 20.5 Å². The maximum absolute atomic E-state index is 10.3. The predicted molar refractivity (Wildman–Crippen MR) is 113 cm³/mol. The number of piperidine rings is 1. The molecular formula is C21H28N6O. The Hall–Kier alpha value is -2.80. The first-order chi connectivity index (χ1) is 13.1. The molecule has 7 heteroatoms. The van der Waals surface area contributed by atoms with Gasteiger partial charge in [0.15, 0.2) is 11.6 Å². The van der Waals surface area contributed by atoms with Gasteiger partial charge in [-0.1, -0.05) is 12.6 Å². The van der Waals surface area contributed by atoms with Crippen LogP contribution < -0.4 is 10.6 Å². The van der Waals surface area contributed by atoms with Crippen LogP contribution in [0.25, 0.3) is 17.0 Å². The minimum atomic E-state index is 0.0323. The molecule has 1 aromatic heterocycles. The smallest absolute Gasteiger partial charge is 0.185 e. The fourth-order valence-electron chi connectivity index (χ4n) is 4.10. The van der Waals surface area contributed by atoms with Crippen LogP contribution >= 0.6 is 0 Å². The van der Waals surface area contributed by atoms with Crippen LogP contribution in [-0.4, -0.2) is 43.6 Å². The van der Waals surface area contributed by atoms with Gasteiger partial charge in [0.2, 0.25) is 0 Å². The lowest BCUT2D eigenvalue weighted by Gasteiger charge is -2.46. The quantitative estimate of drug-likeness (QED) is 0.590. The highest BCUT2D eigenvalue weighted by molar-refractivity contribution is 6.07. The average molecular weight is 380 g/mol. The second-order valence-corrected chi connectivity index (χ2v) is 8.71. The van der Waals surface area contributed by atoms with Gasteiger partial charge in [-0.15, -0.1) is 10.2 Å². The van der Waals surface area contributed by atoms with Gasteiger partial charge in [-0.05, 0) is 63.8 Å². The summed E-state index contributed by atoms with van der Waals surface area (Å²) in [6, 6.07) is 5.31. The Morgan fingerprint density at radius 3 is 2.46 bits per heavy atom. The van der Waals surface area contributed by atoms with Crippen LogP contribution in [0.3, 0.4) is 0 Å². The highest BCUT2D eigenvalue weighted by Crippen LogP contribution is 2.31. The lowest BCUT2D eigenvalue weighted by Crippen LogP contribution is -2.60. The number of allylic oxidation sites excluding steroid dienone is 1. The number of phenols is 1. The summed E-state index contributed by atoms with van der Waals surface area (Å²) in [5.41, 5.74) is 1.76. The summed E-state index contributed by atoms with van der Waals surface area (Å²) in [5, 5.41) is 33.1. The second kappa shape index (κ2) is 7.31. The third-order valence-corrected chi connectivity index (χ3v) is 4.89. The minimum Gasteiger partial charge on any atom is -0.507 e. The van der Waals surface area contributed by atoms with Crippen LogP contribution in [0.4, 0.5) is 5.82 Å². The fourth-order valence-corrected chi connectivity index (χ4v) is 4.10. The molecule has 1 aromatic carbocycles. The van der Waals surface area contributed by atoms with Crippen molar-refractivity contribution >= 4 is 17.6 Å². The van der Waals surface area contributed by atoms with E-state index < -0.39 is 0 Å². The predicted octanol–water partition coefficient (Wildman–Crippen LogP) is 3.63. The number of benzene rings is 1. The first kappa shape index (κ1) is 19.9. The first-order valence-electron chi connectivity index (χ1n) is 9.37. The molecular weight excluding hydrogens is 352 g/mol. The molecule has 0 saturated carbocycles. The number of hydrogen-bond acceptors (Lipinski definition) is 7. The molecule has 0 atom stereocenters. The van der Waals surface area contributed by atoms with E-state index in [0.717, 1.165) is 19.1 Å². The van der Waals surface area contributed by atoms with Gasteiger partial charge in [0.1, 0.15) is 5.75 Å². The zero-order chi connectivity index (χ0) is 20.5. The van der Waals surface area contributed by atoms with E-state index in [2.05, 4.69) is 60.1 Å². The van der Waals surface area contributed by atoms with E-state index in [0.29, 0.717) is 28.3 Å². The number of hydrogen-bond donors (Lipinski definition) is 4. The van der Waals surface area contributed by atoms with Gasteiger partial charge in [0.25, 0.3) is 0 Å². The highest BCUT2D eigenvalue weighted by Gasteiger charge is 2.37. The number of phenolic OH excluding ortho intramolecular Hbond substituents is 1. The molecule has 0 radical (unpaired) electrons. The van der Waals surface area contributed by atoms with Crippen LogP contribution in [0.15, 0.2) is 31.0 Å². The van der Waals surface area contributed by atoms with Gasteiger partial charge >= 0.3 is 0 Å². The number of aromatic hydroxyl groups is 1. The fraction of sp³-hybridized carbons (Fsp3) is 0.429. The minimum absolute atomic E-state index is 0.0323. The van der Waals surface area contributed by atoms with Crippen molar-refractivity contribution in [3.8, 4) is 17.1 Å². The third-order valence-electron chi connectivity index (χ3n) is 4.89. The standard InChI is InChI=1S/C21H28N6O/c1-13(11-22)14-6-7-16(17(28)8-14)19-23-12-18(25-26-19)24-15-9-20(2,3)27-21(4,5)10-15/h6-8,11-12,15,22,27-28H,1,9-10H2,2-5H3,(H,24,25). The van der Waals surface area contributed by atoms with Crippen molar-refractivity contribution in [3.05, 3.63) is 36.5 Å². The van der Waals surface area contributed by atoms with Gasteiger partial charge in [0.05, 0.1) is 11.8 Å². The third kappa shape index (κ3) is 4.54. The van der Waals surface area contributed by atoms with Crippen molar-refractivity contribution in [2.75, 3.05) is 5.32 Å². The number of anilines is 1. The van der Waals surface area contributed by atoms with E-state index in [4.69, 9.17) is 5.41 Å². The topological polar surface area (TPSA) is 107 Å². The van der Waals surface area contributed by atoms with Crippen molar-refractivity contribution in [2.24, 2.45) is 0 Å². The average Bonchev–Trinajstić information content (AvgIpc) is 2.59. The molecule has 0 spiro atoms. The molecule has 1 aliphatic heterocycles. The van der Waals surface area contributed by atoms with Crippen molar-refractivity contribution < 1.29 is 5.11 Å². The van der Waals surface area contributed by atoms with Gasteiger partial charge in [-0.3, -0.25) is 0 Å². The molecule has 0 aliphatic carbocycles. The second-order valence-electron chi connectivity index (χ2n) is 8.71. The van der Waals surface area contributed by atoms with E-state index in [1.165, 1.54) is 0 Å². The molecule has 4 N–H and O–H groups in total. The normalized spacial score (nSPS) is 18.4. The van der Waals surface area contributed by atoms with Crippen molar-refractivity contribution in [3.63, 3.8) is 0 Å². The van der Waals surface area contributed by atoms with Crippen LogP contribution in [0.2, 0.25) is 0 Å². The zero-order valence-electron chi connectivity index (χ0n) is 16.9. The van der Waals surface area contributed by atoms with Crippen LogP contribution in [0.1, 0.15) is 46.1 Å². The Bertz CT molecular complexity index is 872. The SMILES string of the molecule is C=C(C=N)c1ccc(-c2ncc(NC3CC(C)(C)NC(C)(C)C3)nn2)c(O)c1. The van der Waals surface area contributed by atoms with E-state index >= 15 is 0 Å². The number of nitrogens with one attached hydrogen (secondary N) is 3. The molecule has 2 heterocycles. The Kier molecular flexibility index (Phi) is 5.21. The largest absolute Gasteiger partial charge is 0.507 e. The zero-order valence-corrected chi connectivity index (χ0v) is 16.9. The molecule has 0 bridgehead atoms. The van der Waals surface area contributed by atoms with Crippen molar-refractivity contribution in [2.45, 2.75) is 57.7 Å². The summed E-state index contributed by atoms with van der Waals surface area (Å²) >= 11 is 0. The number of nitrogens with zero attached hydrogens (tertiary/aromatic N) is 3. The van der Waals surface area contributed by atoms with E-state index in [-0.39, 0.29) is 22.9 Å². The summed E-state index contributed by atoms with van der Waals surface area (Å²) in [5.74, 6) is 1.00. The molecule has 0 unspecified atom stereocenters. The molecule has 1 saturated heterocycles. The number of aromatic nitrogens is 3. The summed E-state index contributed by atoms with van der Waals surface area (Å²) in [6.45, 7) is 12.6. The molecule has 28 heavy (non-hydrogen) atoms. The van der Waals surface area contributed by atoms with Crippen LogP contribution in [0.5, 0.6) is 5.75 Å². The maximum atomic E-state index is 10.3. The summed E-state index contributed by atoms with van der Waals surface area (Å²) in [7, 11) is 0. The monoisotopic (exact) mass is 380 g/mol. The Morgan fingerprint density at radius 1 is 1.25 bits per heavy atom. The molecule has 148 valence electrons. The molecule has 3 rings (SSSR count). The molecule has 7 nitrogen and oxygen atoms in total. The van der Waals surface area contributed by atoms with Gasteiger partial charge < -0.3 is 21.1 Å². The molecule has 2 aromatic rings.